The fourth-order valence-electron chi connectivity index (χ4n) is 1.30. The average Bonchev–Trinajstić information content (AvgIpc) is 2.30. The third-order valence-corrected chi connectivity index (χ3v) is 1.96. The van der Waals surface area contributed by atoms with E-state index in [1.165, 1.54) is 16.0 Å². The van der Waals surface area contributed by atoms with Crippen LogP contribution in [0.15, 0.2) is 29.3 Å². The summed E-state index contributed by atoms with van der Waals surface area (Å²) in [6.45, 7) is 2.09. The van der Waals surface area contributed by atoms with Gasteiger partial charge in [0.2, 0.25) is 0 Å². The zero-order valence-electron chi connectivity index (χ0n) is 6.91. The molecular formula is C11H9N. The van der Waals surface area contributed by atoms with E-state index in [0.717, 1.165) is 0 Å². The fourth-order valence-corrected chi connectivity index (χ4v) is 1.30. The van der Waals surface area contributed by atoms with Gasteiger partial charge < -0.3 is 0 Å². The quantitative estimate of drug-likeness (QED) is 0.524. The van der Waals surface area contributed by atoms with Crippen molar-refractivity contribution in [1.29, 1.82) is 0 Å². The highest BCUT2D eigenvalue weighted by Gasteiger charge is 1.89. The summed E-state index contributed by atoms with van der Waals surface area (Å²) >= 11 is 0. The predicted octanol–water partition coefficient (Wildman–Crippen LogP) is 0.753. The van der Waals surface area contributed by atoms with Gasteiger partial charge in [-0.25, -0.2) is 4.99 Å². The minimum Gasteiger partial charge on any atom is -0.214 e. The van der Waals surface area contributed by atoms with Crippen molar-refractivity contribution >= 4 is 18.1 Å². The van der Waals surface area contributed by atoms with Gasteiger partial charge in [0.15, 0.2) is 0 Å². The molecule has 0 amide bonds. The van der Waals surface area contributed by atoms with E-state index in [-0.39, 0.29) is 0 Å². The van der Waals surface area contributed by atoms with E-state index in [4.69, 9.17) is 0 Å². The molecule has 12 heavy (non-hydrogen) atoms. The van der Waals surface area contributed by atoms with Crippen molar-refractivity contribution in [3.63, 3.8) is 0 Å². The van der Waals surface area contributed by atoms with Crippen LogP contribution in [0.25, 0.3) is 12.3 Å². The Balaban J connectivity index is 2.95. The normalized spacial score (nSPS) is 12.8. The Morgan fingerprint density at radius 3 is 3.17 bits per heavy atom. The largest absolute Gasteiger partial charge is 0.214 e. The van der Waals surface area contributed by atoms with Crippen molar-refractivity contribution in [3.8, 4) is 0 Å². The van der Waals surface area contributed by atoms with Crippen LogP contribution in [-0.2, 0) is 0 Å². The summed E-state index contributed by atoms with van der Waals surface area (Å²) in [6, 6.07) is 6.22. The molecule has 1 nitrogen and oxygen atoms in total. The maximum absolute atomic E-state index is 4.01. The van der Waals surface area contributed by atoms with Gasteiger partial charge >= 0.3 is 0 Å². The molecule has 1 heteroatoms. The summed E-state index contributed by atoms with van der Waals surface area (Å²) in [7, 11) is 0. The molecule has 0 aliphatic carbocycles. The van der Waals surface area contributed by atoms with Gasteiger partial charge in [0.05, 0.1) is 0 Å². The molecule has 0 saturated heterocycles. The second kappa shape index (κ2) is 2.80. The SMILES string of the molecule is Cc1cccc2c1=CN=C=CC=2. The molecule has 1 aliphatic heterocycles. The number of aliphatic imine (C=N–C) groups is 1. The number of allylic oxidation sites excluding steroid dienone is 1. The van der Waals surface area contributed by atoms with Crippen molar-refractivity contribution < 1.29 is 0 Å². The first-order chi connectivity index (χ1) is 5.88. The number of rotatable bonds is 0. The van der Waals surface area contributed by atoms with E-state index >= 15 is 0 Å². The zero-order valence-corrected chi connectivity index (χ0v) is 6.91. The Morgan fingerprint density at radius 1 is 1.33 bits per heavy atom. The minimum absolute atomic E-state index is 1.19. The Bertz CT molecular complexity index is 474. The molecular weight excluding hydrogens is 146 g/mol. The van der Waals surface area contributed by atoms with Crippen LogP contribution >= 0.6 is 0 Å². The zero-order chi connectivity index (χ0) is 8.39. The lowest BCUT2D eigenvalue weighted by Gasteiger charge is -1.92. The third kappa shape index (κ3) is 1.11. The van der Waals surface area contributed by atoms with E-state index in [1.807, 2.05) is 18.4 Å². The summed E-state index contributed by atoms with van der Waals surface area (Å²) in [6.07, 6.45) is 5.71. The van der Waals surface area contributed by atoms with E-state index in [1.54, 1.807) is 0 Å². The first-order valence-corrected chi connectivity index (χ1v) is 3.93. The maximum atomic E-state index is 4.01. The molecule has 0 radical (unpaired) electrons. The Morgan fingerprint density at radius 2 is 2.25 bits per heavy atom. The van der Waals surface area contributed by atoms with Crippen LogP contribution in [0.3, 0.4) is 0 Å². The van der Waals surface area contributed by atoms with Gasteiger partial charge in [-0.3, -0.25) is 0 Å². The van der Waals surface area contributed by atoms with Crippen molar-refractivity contribution in [3.05, 3.63) is 40.3 Å². The summed E-state index contributed by atoms with van der Waals surface area (Å²) in [4.78, 5) is 4.01. The number of nitrogens with zero attached hydrogens (tertiary/aromatic N) is 1. The van der Waals surface area contributed by atoms with Crippen LogP contribution < -0.4 is 10.4 Å². The van der Waals surface area contributed by atoms with Crippen LogP contribution in [-0.4, -0.2) is 5.87 Å². The van der Waals surface area contributed by atoms with Gasteiger partial charge in [0.25, 0.3) is 0 Å². The Labute approximate surface area is 71.1 Å². The van der Waals surface area contributed by atoms with Crippen molar-refractivity contribution in [2.45, 2.75) is 6.92 Å². The smallest absolute Gasteiger partial charge is 0.0449 e. The molecule has 1 heterocycles. The van der Waals surface area contributed by atoms with Gasteiger partial charge in [0, 0.05) is 17.5 Å². The van der Waals surface area contributed by atoms with Crippen LogP contribution in [0.1, 0.15) is 5.56 Å². The maximum Gasteiger partial charge on any atom is 0.0449 e. The monoisotopic (exact) mass is 155 g/mol. The molecule has 1 aliphatic rings. The van der Waals surface area contributed by atoms with Crippen LogP contribution in [0.2, 0.25) is 0 Å². The van der Waals surface area contributed by atoms with E-state index in [9.17, 15) is 0 Å². The molecule has 0 unspecified atom stereocenters. The minimum atomic E-state index is 1.19. The Kier molecular flexibility index (Phi) is 1.65. The summed E-state index contributed by atoms with van der Waals surface area (Å²) in [5, 5.41) is 2.41. The van der Waals surface area contributed by atoms with Gasteiger partial charge in [-0.15, -0.1) is 0 Å². The second-order valence-electron chi connectivity index (χ2n) is 2.80. The first kappa shape index (κ1) is 7.08. The number of benzene rings is 1. The average molecular weight is 155 g/mol. The van der Waals surface area contributed by atoms with E-state index < -0.39 is 0 Å². The predicted molar refractivity (Wildman–Crippen MR) is 51.4 cm³/mol. The standard InChI is InChI=1S/C11H9N/c1-9-4-2-5-10-6-3-7-12-8-11(9)10/h2-6,8H,1H3. The van der Waals surface area contributed by atoms with E-state index in [2.05, 4.69) is 36.0 Å². The van der Waals surface area contributed by atoms with Crippen molar-refractivity contribution in [2.75, 3.05) is 0 Å². The second-order valence-corrected chi connectivity index (χ2v) is 2.80. The highest BCUT2D eigenvalue weighted by Crippen LogP contribution is 1.85. The van der Waals surface area contributed by atoms with Gasteiger partial charge in [-0.1, -0.05) is 18.2 Å². The van der Waals surface area contributed by atoms with Gasteiger partial charge in [0.1, 0.15) is 0 Å². The molecule has 1 aromatic rings. The fraction of sp³-hybridized carbons (Fsp3) is 0.0909. The van der Waals surface area contributed by atoms with E-state index in [0.29, 0.717) is 0 Å². The van der Waals surface area contributed by atoms with Crippen LogP contribution in [0, 0.1) is 6.92 Å². The molecule has 0 spiro atoms. The van der Waals surface area contributed by atoms with Crippen molar-refractivity contribution in [1.82, 2.24) is 0 Å². The van der Waals surface area contributed by atoms with Gasteiger partial charge in [-0.05, 0) is 29.7 Å². The molecule has 58 valence electrons. The lowest BCUT2D eigenvalue weighted by Crippen LogP contribution is -2.25. The molecule has 2 rings (SSSR count). The topological polar surface area (TPSA) is 12.4 Å². The molecule has 0 aromatic heterocycles. The number of aryl methyl sites for hydroxylation is 1. The van der Waals surface area contributed by atoms with Crippen LogP contribution in [0.4, 0.5) is 0 Å². The summed E-state index contributed by atoms with van der Waals surface area (Å²) in [5.41, 5.74) is 1.25. The first-order valence-electron chi connectivity index (χ1n) is 3.93. The number of fused-ring (bicyclic) bond motifs is 1. The third-order valence-electron chi connectivity index (χ3n) is 1.96. The number of hydrogen-bond donors (Lipinski definition) is 0. The van der Waals surface area contributed by atoms with Crippen molar-refractivity contribution in [2.24, 2.45) is 4.99 Å². The van der Waals surface area contributed by atoms with Crippen LogP contribution in [0.5, 0.6) is 0 Å². The lowest BCUT2D eigenvalue weighted by atomic mass is 10.1. The molecule has 0 fully saturated rings. The highest BCUT2D eigenvalue weighted by atomic mass is 14.6. The number of hydrogen-bond acceptors (Lipinski definition) is 1. The molecule has 0 N–H and O–H groups in total. The molecule has 0 atom stereocenters. The lowest BCUT2D eigenvalue weighted by molar-refractivity contribution is 1.36. The molecule has 0 saturated carbocycles. The summed E-state index contributed by atoms with van der Waals surface area (Å²) < 4.78 is 0. The highest BCUT2D eigenvalue weighted by molar-refractivity contribution is 5.67. The van der Waals surface area contributed by atoms with Gasteiger partial charge in [-0.2, -0.15) is 0 Å². The molecule has 1 aromatic carbocycles. The summed E-state index contributed by atoms with van der Waals surface area (Å²) in [5.74, 6) is 2.81. The molecule has 0 bridgehead atoms. The Hall–Kier alpha value is -1.59.